The molecule has 0 spiro atoms. The molecule has 0 fully saturated rings. The van der Waals surface area contributed by atoms with Crippen molar-refractivity contribution < 1.29 is 4.79 Å². The van der Waals surface area contributed by atoms with Crippen molar-refractivity contribution in [2.45, 2.75) is 0 Å². The van der Waals surface area contributed by atoms with Gasteiger partial charge in [0.25, 0.3) is 0 Å². The Morgan fingerprint density at radius 3 is 2.93 bits per heavy atom. The molecule has 0 bridgehead atoms. The van der Waals surface area contributed by atoms with Crippen LogP contribution < -0.4 is 11.1 Å². The first-order valence-electron chi connectivity index (χ1n) is 4.31. The second kappa shape index (κ2) is 3.38. The van der Waals surface area contributed by atoms with Gasteiger partial charge in [-0.1, -0.05) is 18.2 Å². The number of primary amides is 1. The van der Waals surface area contributed by atoms with E-state index in [9.17, 15) is 4.79 Å². The van der Waals surface area contributed by atoms with Gasteiger partial charge in [0.2, 0.25) is 5.91 Å². The Bertz CT molecular complexity index is 433. The summed E-state index contributed by atoms with van der Waals surface area (Å²) >= 11 is 0. The summed E-state index contributed by atoms with van der Waals surface area (Å²) in [6, 6.07) is 7.76. The Balaban J connectivity index is 2.51. The molecule has 1 aliphatic rings. The van der Waals surface area contributed by atoms with Gasteiger partial charge in [0.15, 0.2) is 0 Å². The number of carbonyl (C=O) groups is 1. The largest absolute Gasteiger partial charge is 0.366 e. The smallest absolute Gasteiger partial charge is 0.242 e. The Hall–Kier alpha value is -2.03. The van der Waals surface area contributed by atoms with Gasteiger partial charge in [0.1, 0.15) is 0 Å². The Labute approximate surface area is 81.9 Å². The van der Waals surface area contributed by atoms with Gasteiger partial charge in [-0.05, 0) is 17.7 Å². The van der Waals surface area contributed by atoms with Gasteiger partial charge >= 0.3 is 0 Å². The summed E-state index contributed by atoms with van der Waals surface area (Å²) in [7, 11) is 0. The van der Waals surface area contributed by atoms with Crippen LogP contribution in [0.4, 0.5) is 5.69 Å². The summed E-state index contributed by atoms with van der Waals surface area (Å²) in [5.41, 5.74) is 7.93. The first-order chi connectivity index (χ1) is 6.77. The lowest BCUT2D eigenvalue weighted by molar-refractivity contribution is -0.113. The zero-order chi connectivity index (χ0) is 9.97. The monoisotopic (exact) mass is 186 g/mol. The number of para-hydroxylation sites is 1. The molecule has 0 unspecified atom stereocenters. The number of benzene rings is 1. The summed E-state index contributed by atoms with van der Waals surface area (Å²) in [6.07, 6.45) is 5.04. The minimum absolute atomic E-state index is 0.429. The molecule has 0 aliphatic carbocycles. The molecule has 3 heteroatoms. The summed E-state index contributed by atoms with van der Waals surface area (Å²) in [4.78, 5) is 10.8. The molecule has 14 heavy (non-hydrogen) atoms. The van der Waals surface area contributed by atoms with Crippen molar-refractivity contribution >= 4 is 17.2 Å². The van der Waals surface area contributed by atoms with Gasteiger partial charge in [-0.2, -0.15) is 0 Å². The quantitative estimate of drug-likeness (QED) is 0.653. The van der Waals surface area contributed by atoms with Gasteiger partial charge in [0.05, 0.1) is 0 Å². The summed E-state index contributed by atoms with van der Waals surface area (Å²) in [5.74, 6) is -0.429. The number of hydrogen-bond donors (Lipinski definition) is 2. The van der Waals surface area contributed by atoms with Crippen LogP contribution in [0, 0.1) is 0 Å². The van der Waals surface area contributed by atoms with E-state index in [0.717, 1.165) is 16.8 Å². The fourth-order valence-electron chi connectivity index (χ4n) is 1.45. The maximum Gasteiger partial charge on any atom is 0.242 e. The highest BCUT2D eigenvalue weighted by Gasteiger charge is 2.08. The molecule has 0 saturated heterocycles. The Morgan fingerprint density at radius 2 is 2.14 bits per heavy atom. The second-order valence-corrected chi connectivity index (χ2v) is 3.03. The van der Waals surface area contributed by atoms with Crippen LogP contribution in [0.5, 0.6) is 0 Å². The highest BCUT2D eigenvalue weighted by Crippen LogP contribution is 2.27. The number of amides is 1. The van der Waals surface area contributed by atoms with E-state index in [1.807, 2.05) is 30.3 Å². The van der Waals surface area contributed by atoms with Crippen LogP contribution in [0.15, 0.2) is 42.6 Å². The lowest BCUT2D eigenvalue weighted by Gasteiger charge is -2.14. The van der Waals surface area contributed by atoms with Crippen molar-refractivity contribution in [3.8, 4) is 0 Å². The molecule has 1 amide bonds. The molecule has 0 radical (unpaired) electrons. The minimum Gasteiger partial charge on any atom is -0.366 e. The van der Waals surface area contributed by atoms with Crippen molar-refractivity contribution in [1.82, 2.24) is 0 Å². The fourth-order valence-corrected chi connectivity index (χ4v) is 1.45. The van der Waals surface area contributed by atoms with Crippen LogP contribution in [-0.2, 0) is 4.79 Å². The van der Waals surface area contributed by atoms with Gasteiger partial charge in [-0.25, -0.2) is 0 Å². The molecule has 0 saturated carbocycles. The highest BCUT2D eigenvalue weighted by atomic mass is 16.1. The van der Waals surface area contributed by atoms with E-state index in [1.165, 1.54) is 6.08 Å². The number of allylic oxidation sites excluding steroid dienone is 2. The first-order valence-corrected chi connectivity index (χ1v) is 4.31. The fraction of sp³-hybridized carbons (Fsp3) is 0. The van der Waals surface area contributed by atoms with Gasteiger partial charge in [-0.15, -0.1) is 0 Å². The summed E-state index contributed by atoms with van der Waals surface area (Å²) in [5, 5.41) is 3.09. The van der Waals surface area contributed by atoms with E-state index in [-0.39, 0.29) is 0 Å². The third kappa shape index (κ3) is 1.52. The van der Waals surface area contributed by atoms with Crippen molar-refractivity contribution in [3.05, 3.63) is 48.2 Å². The van der Waals surface area contributed by atoms with Crippen LogP contribution in [0.2, 0.25) is 0 Å². The van der Waals surface area contributed by atoms with Crippen molar-refractivity contribution in [1.29, 1.82) is 0 Å². The maximum atomic E-state index is 10.8. The molecule has 0 atom stereocenters. The standard InChI is InChI=1S/C11H10N2O/c12-11(14)7-8-5-6-13-10-4-2-1-3-9(8)10/h1-7,13H,(H2,12,14)/b8-7+. The van der Waals surface area contributed by atoms with Crippen molar-refractivity contribution in [2.75, 3.05) is 5.32 Å². The van der Waals surface area contributed by atoms with E-state index in [1.54, 1.807) is 6.20 Å². The highest BCUT2D eigenvalue weighted by molar-refractivity contribution is 5.99. The zero-order valence-electron chi connectivity index (χ0n) is 7.53. The first kappa shape index (κ1) is 8.56. The molecule has 3 N–H and O–H groups in total. The molecule has 1 aromatic carbocycles. The lowest BCUT2D eigenvalue weighted by atomic mass is 10.0. The molecule has 3 nitrogen and oxygen atoms in total. The Morgan fingerprint density at radius 1 is 1.36 bits per heavy atom. The number of hydrogen-bond acceptors (Lipinski definition) is 2. The molecule has 1 aliphatic heterocycles. The number of anilines is 1. The zero-order valence-corrected chi connectivity index (χ0v) is 7.53. The number of rotatable bonds is 1. The predicted octanol–water partition coefficient (Wildman–Crippen LogP) is 1.49. The van der Waals surface area contributed by atoms with Crippen LogP contribution in [-0.4, -0.2) is 5.91 Å². The number of carbonyl (C=O) groups excluding carboxylic acids is 1. The maximum absolute atomic E-state index is 10.8. The minimum atomic E-state index is -0.429. The normalized spacial score (nSPS) is 16.1. The van der Waals surface area contributed by atoms with Gasteiger partial charge in [0, 0.05) is 23.5 Å². The topological polar surface area (TPSA) is 55.1 Å². The van der Waals surface area contributed by atoms with E-state index in [4.69, 9.17) is 5.73 Å². The second-order valence-electron chi connectivity index (χ2n) is 3.03. The van der Waals surface area contributed by atoms with Crippen molar-refractivity contribution in [2.24, 2.45) is 5.73 Å². The van der Waals surface area contributed by atoms with Crippen LogP contribution in [0.3, 0.4) is 0 Å². The van der Waals surface area contributed by atoms with E-state index in [0.29, 0.717) is 0 Å². The van der Waals surface area contributed by atoms with Gasteiger partial charge in [-0.3, -0.25) is 4.79 Å². The SMILES string of the molecule is NC(=O)/C=C1\C=CNc2ccccc21. The Kier molecular flexibility index (Phi) is 2.07. The van der Waals surface area contributed by atoms with E-state index in [2.05, 4.69) is 5.32 Å². The van der Waals surface area contributed by atoms with Gasteiger partial charge < -0.3 is 11.1 Å². The van der Waals surface area contributed by atoms with Crippen LogP contribution in [0.1, 0.15) is 5.56 Å². The third-order valence-electron chi connectivity index (χ3n) is 2.04. The average molecular weight is 186 g/mol. The predicted molar refractivity (Wildman–Crippen MR) is 56.4 cm³/mol. The molecule has 2 rings (SSSR count). The van der Waals surface area contributed by atoms with E-state index >= 15 is 0 Å². The molecular formula is C11H10N2O. The number of nitrogens with one attached hydrogen (secondary N) is 1. The molecule has 70 valence electrons. The average Bonchev–Trinajstić information content (AvgIpc) is 2.18. The summed E-state index contributed by atoms with van der Waals surface area (Å²) in [6.45, 7) is 0. The van der Waals surface area contributed by atoms with Crippen molar-refractivity contribution in [3.63, 3.8) is 0 Å². The molecule has 1 heterocycles. The third-order valence-corrected chi connectivity index (χ3v) is 2.04. The lowest BCUT2D eigenvalue weighted by Crippen LogP contribution is -2.08. The molecule has 0 aromatic heterocycles. The van der Waals surface area contributed by atoms with Crippen LogP contribution >= 0.6 is 0 Å². The van der Waals surface area contributed by atoms with E-state index < -0.39 is 5.91 Å². The number of fused-ring (bicyclic) bond motifs is 1. The summed E-state index contributed by atoms with van der Waals surface area (Å²) < 4.78 is 0. The number of nitrogens with two attached hydrogens (primary N) is 1. The molecular weight excluding hydrogens is 176 g/mol. The van der Waals surface area contributed by atoms with Crippen LogP contribution in [0.25, 0.3) is 5.57 Å². The molecule has 1 aromatic rings.